The monoisotopic (exact) mass is 596 g/mol. The first-order valence-corrected chi connectivity index (χ1v) is 8.57. The Morgan fingerprint density at radius 1 is 0.529 bits per heavy atom. The zero-order valence-corrected chi connectivity index (χ0v) is 24.5. The molecule has 34 heavy (non-hydrogen) atoms. The molecule has 0 amide bonds. The Balaban J connectivity index is -0.0000000897. The molecule has 0 fully saturated rings. The number of carboxylic acids is 6. The smallest absolute Gasteiger partial charge is 0.550 e. The van der Waals surface area contributed by atoms with Gasteiger partial charge in [-0.25, -0.2) is 4.57 Å². The van der Waals surface area contributed by atoms with E-state index in [0.29, 0.717) is 0 Å². The van der Waals surface area contributed by atoms with E-state index < -0.39 is 80.5 Å². The Bertz CT molecular complexity index is 656. The Labute approximate surface area is 278 Å². The number of phosphoric acid groups is 1. The van der Waals surface area contributed by atoms with Crippen molar-refractivity contribution in [3.63, 3.8) is 0 Å². The Hall–Kier alpha value is 0.629. The maximum atomic E-state index is 10.1. The number of carboxylic acid groups (broad SMARTS) is 6. The van der Waals surface area contributed by atoms with E-state index in [9.17, 15) is 59.4 Å². The van der Waals surface area contributed by atoms with Gasteiger partial charge >= 0.3 is 121 Å². The minimum Gasteiger partial charge on any atom is -0.550 e. The average Bonchev–Trinajstić information content (AvgIpc) is 2.41. The third-order valence-corrected chi connectivity index (χ3v) is 2.51. The Morgan fingerprint density at radius 3 is 0.706 bits per heavy atom. The van der Waals surface area contributed by atoms with Crippen molar-refractivity contribution in [1.29, 1.82) is 0 Å². The summed E-state index contributed by atoms with van der Waals surface area (Å²) in [7, 11) is -4.64. The SMILES string of the molecule is O=C([O-])CC(O)(CC(=O)[O-])C(=O)[O-].O=C([O-])CC(O)(CC(=O)[O-])C(=O)[O-].O=P(O)(O)O.[Ca+2].[Ca+2].[Ca+2]. The Morgan fingerprint density at radius 2 is 0.647 bits per heavy atom. The molecule has 0 unspecified atom stereocenters. The van der Waals surface area contributed by atoms with Crippen LogP contribution in [0.15, 0.2) is 0 Å². The molecule has 0 spiro atoms. The topological polar surface area (TPSA) is 359 Å². The Kier molecular flexibility index (Phi) is 30.5. The molecule has 0 aliphatic carbocycles. The van der Waals surface area contributed by atoms with Crippen molar-refractivity contribution in [3.05, 3.63) is 0 Å². The van der Waals surface area contributed by atoms with Crippen LogP contribution in [-0.4, -0.2) is 185 Å². The second-order valence-corrected chi connectivity index (χ2v) is 6.37. The molecule has 0 aromatic carbocycles. The molecular formula is C12H13Ca3O18P. The normalized spacial score (nSPS) is 10.0. The van der Waals surface area contributed by atoms with Crippen LogP contribution in [-0.2, 0) is 33.3 Å². The molecule has 0 aromatic heterocycles. The predicted octanol–water partition coefficient (Wildman–Crippen LogP) is -12.6. The van der Waals surface area contributed by atoms with Gasteiger partial charge in [0.25, 0.3) is 0 Å². The quantitative estimate of drug-likeness (QED) is 0.115. The van der Waals surface area contributed by atoms with Crippen molar-refractivity contribution in [2.45, 2.75) is 36.9 Å². The summed E-state index contributed by atoms with van der Waals surface area (Å²) in [6.07, 6.45) is -5.43. The molecule has 0 aromatic rings. The van der Waals surface area contributed by atoms with Gasteiger partial charge in [0.1, 0.15) is 11.2 Å². The number of hydrogen-bond acceptors (Lipinski definition) is 15. The van der Waals surface area contributed by atoms with E-state index in [1.54, 1.807) is 0 Å². The molecule has 0 radical (unpaired) electrons. The molecule has 180 valence electrons. The number of rotatable bonds is 10. The zero-order valence-electron chi connectivity index (χ0n) is 16.9. The van der Waals surface area contributed by atoms with Crippen LogP contribution in [0, 0.1) is 0 Å². The van der Waals surface area contributed by atoms with E-state index in [1.165, 1.54) is 0 Å². The number of hydrogen-bond donors (Lipinski definition) is 5. The van der Waals surface area contributed by atoms with E-state index in [2.05, 4.69) is 0 Å². The molecule has 5 N–H and O–H groups in total. The summed E-state index contributed by atoms with van der Waals surface area (Å²) in [5.41, 5.74) is -5.95. The maximum absolute atomic E-state index is 10.1. The van der Waals surface area contributed by atoms with E-state index >= 15 is 0 Å². The first kappa shape index (κ1) is 47.8. The van der Waals surface area contributed by atoms with Crippen molar-refractivity contribution in [3.8, 4) is 0 Å². The molecule has 0 aliphatic heterocycles. The second-order valence-electron chi connectivity index (χ2n) is 5.35. The second kappa shape index (κ2) is 21.7. The van der Waals surface area contributed by atoms with Gasteiger partial charge in [-0.3, -0.25) is 0 Å². The van der Waals surface area contributed by atoms with Crippen molar-refractivity contribution in [1.82, 2.24) is 0 Å². The summed E-state index contributed by atoms with van der Waals surface area (Å²) in [6.45, 7) is 0. The van der Waals surface area contributed by atoms with Gasteiger partial charge in [-0.1, -0.05) is 0 Å². The third-order valence-electron chi connectivity index (χ3n) is 2.51. The van der Waals surface area contributed by atoms with Gasteiger partial charge in [-0.15, -0.1) is 0 Å². The summed E-state index contributed by atoms with van der Waals surface area (Å²) < 4.78 is 8.88. The van der Waals surface area contributed by atoms with Gasteiger partial charge in [0, 0.05) is 49.6 Å². The molecular weight excluding hydrogens is 583 g/mol. The van der Waals surface area contributed by atoms with Crippen LogP contribution in [0.1, 0.15) is 25.7 Å². The standard InChI is InChI=1S/2C6H8O7.3Ca.H3O4P/c2*7-3(8)1-6(13,5(11)12)2-4(9)10;;;;1-5(2,3)4/h2*13H,1-2H2,(H,7,8)(H,9,10)(H,11,12);;;;(H3,1,2,3,4)/q;;3*+2;/p-6. The summed E-state index contributed by atoms with van der Waals surface area (Å²) in [4.78, 5) is 81.6. The van der Waals surface area contributed by atoms with Gasteiger partial charge < -0.3 is 84.3 Å². The fraction of sp³-hybridized carbons (Fsp3) is 0.500. The fourth-order valence-corrected chi connectivity index (χ4v) is 1.37. The summed E-state index contributed by atoms with van der Waals surface area (Å²) >= 11 is 0. The average molecular weight is 596 g/mol. The molecule has 0 bridgehead atoms. The van der Waals surface area contributed by atoms with E-state index in [1.807, 2.05) is 0 Å². The molecule has 18 nitrogen and oxygen atoms in total. The van der Waals surface area contributed by atoms with Crippen LogP contribution < -0.4 is 30.6 Å². The summed E-state index contributed by atoms with van der Waals surface area (Å²) in [5, 5.41) is 77.9. The molecule has 0 aliphatic rings. The molecule has 0 saturated carbocycles. The van der Waals surface area contributed by atoms with Crippen LogP contribution in [0.4, 0.5) is 0 Å². The minimum atomic E-state index is -4.64. The molecule has 0 saturated heterocycles. The number of carbonyl (C=O) groups is 6. The predicted molar refractivity (Wildman–Crippen MR) is 89.9 cm³/mol. The van der Waals surface area contributed by atoms with E-state index in [0.717, 1.165) is 0 Å². The van der Waals surface area contributed by atoms with Crippen molar-refractivity contribution >= 4 is 157 Å². The van der Waals surface area contributed by atoms with Gasteiger partial charge in [-0.05, 0) is 0 Å². The fourth-order valence-electron chi connectivity index (χ4n) is 1.37. The maximum Gasteiger partial charge on any atom is 2.00 e. The van der Waals surface area contributed by atoms with Gasteiger partial charge in [0.15, 0.2) is 0 Å². The van der Waals surface area contributed by atoms with Crippen LogP contribution in [0.2, 0.25) is 0 Å². The van der Waals surface area contributed by atoms with Crippen molar-refractivity contribution in [2.24, 2.45) is 0 Å². The third kappa shape index (κ3) is 30.7. The summed E-state index contributed by atoms with van der Waals surface area (Å²) in [6, 6.07) is 0. The van der Waals surface area contributed by atoms with Crippen LogP contribution >= 0.6 is 7.82 Å². The van der Waals surface area contributed by atoms with Crippen LogP contribution in [0.3, 0.4) is 0 Å². The molecule has 22 heteroatoms. The van der Waals surface area contributed by atoms with Gasteiger partial charge in [0.05, 0.1) is 11.9 Å². The molecule has 0 rings (SSSR count). The number of carbonyl (C=O) groups excluding carboxylic acids is 6. The first-order valence-electron chi connectivity index (χ1n) is 7.01. The summed E-state index contributed by atoms with van der Waals surface area (Å²) in [5.74, 6) is -12.0. The van der Waals surface area contributed by atoms with Crippen LogP contribution in [0.5, 0.6) is 0 Å². The number of aliphatic carboxylic acids is 6. The molecule has 0 heterocycles. The molecule has 0 atom stereocenters. The number of aliphatic hydroxyl groups is 2. The van der Waals surface area contributed by atoms with Crippen molar-refractivity contribution in [2.75, 3.05) is 0 Å². The largest absolute Gasteiger partial charge is 2.00 e. The van der Waals surface area contributed by atoms with E-state index in [4.69, 9.17) is 29.5 Å². The zero-order chi connectivity index (χ0) is 25.8. The van der Waals surface area contributed by atoms with E-state index in [-0.39, 0.29) is 113 Å². The van der Waals surface area contributed by atoms with Crippen LogP contribution in [0.25, 0.3) is 0 Å². The van der Waals surface area contributed by atoms with Gasteiger partial charge in [-0.2, -0.15) is 0 Å². The van der Waals surface area contributed by atoms with Crippen molar-refractivity contribution < 1.29 is 88.9 Å². The minimum absolute atomic E-state index is 0. The first-order chi connectivity index (χ1) is 13.6. The van der Waals surface area contributed by atoms with Gasteiger partial charge in [0.2, 0.25) is 0 Å².